The average Bonchev–Trinajstić information content (AvgIpc) is 3.12. The maximum absolute atomic E-state index is 6.01. The zero-order chi connectivity index (χ0) is 19.3. The van der Waals surface area contributed by atoms with Gasteiger partial charge in [0.2, 0.25) is 0 Å². The minimum absolute atomic E-state index is 0.720. The van der Waals surface area contributed by atoms with Crippen LogP contribution in [-0.2, 0) is 13.0 Å². The van der Waals surface area contributed by atoms with Crippen molar-refractivity contribution in [1.29, 1.82) is 0 Å². The van der Waals surface area contributed by atoms with Gasteiger partial charge in [-0.05, 0) is 53.9 Å². The lowest BCUT2D eigenvalue weighted by molar-refractivity contribution is 0.684. The Balaban J connectivity index is 1.75. The molecule has 0 aliphatic carbocycles. The van der Waals surface area contributed by atoms with Gasteiger partial charge in [-0.2, -0.15) is 0 Å². The molecule has 4 rings (SSSR count). The Morgan fingerprint density at radius 2 is 1.61 bits per heavy atom. The molecule has 2 nitrogen and oxygen atoms in total. The van der Waals surface area contributed by atoms with Gasteiger partial charge < -0.3 is 4.57 Å². The third kappa shape index (κ3) is 4.64. The predicted octanol–water partition coefficient (Wildman–Crippen LogP) is 7.11. The summed E-state index contributed by atoms with van der Waals surface area (Å²) >= 11 is 11.2. The van der Waals surface area contributed by atoms with Crippen LogP contribution in [0, 0.1) is 0 Å². The number of halogens is 2. The summed E-state index contributed by atoms with van der Waals surface area (Å²) in [5.41, 5.74) is 4.59. The lowest BCUT2D eigenvalue weighted by atomic mass is 10.1. The number of benzene rings is 3. The number of hydrogen-bond acceptors (Lipinski definition) is 2. The first kappa shape index (κ1) is 19.2. The van der Waals surface area contributed by atoms with E-state index in [1.165, 1.54) is 16.8 Å². The van der Waals surface area contributed by atoms with Crippen molar-refractivity contribution in [2.24, 2.45) is 4.99 Å². The van der Waals surface area contributed by atoms with Crippen LogP contribution in [0.25, 0.3) is 11.3 Å². The fourth-order valence-corrected chi connectivity index (χ4v) is 4.34. The van der Waals surface area contributed by atoms with Crippen molar-refractivity contribution in [1.82, 2.24) is 4.57 Å². The molecule has 1 aromatic heterocycles. The van der Waals surface area contributed by atoms with E-state index in [0.29, 0.717) is 0 Å². The first-order valence-corrected chi connectivity index (χ1v) is 11.0. The second-order valence-corrected chi connectivity index (χ2v) is 8.57. The van der Waals surface area contributed by atoms with E-state index in [0.717, 1.165) is 32.9 Å². The molecule has 0 atom stereocenters. The molecule has 0 saturated heterocycles. The van der Waals surface area contributed by atoms with Crippen LogP contribution >= 0.6 is 38.9 Å². The smallest absolute Gasteiger partial charge is 0.190 e. The van der Waals surface area contributed by atoms with Crippen molar-refractivity contribution in [3.63, 3.8) is 0 Å². The van der Waals surface area contributed by atoms with Gasteiger partial charge in [0.15, 0.2) is 4.80 Å². The zero-order valence-electron chi connectivity index (χ0n) is 15.1. The number of rotatable bonds is 5. The van der Waals surface area contributed by atoms with Gasteiger partial charge in [-0.25, -0.2) is 4.99 Å². The molecule has 0 N–H and O–H groups in total. The van der Waals surface area contributed by atoms with E-state index >= 15 is 0 Å². The Morgan fingerprint density at radius 3 is 2.32 bits per heavy atom. The summed E-state index contributed by atoms with van der Waals surface area (Å²) in [6.07, 6.45) is 0.953. The van der Waals surface area contributed by atoms with Crippen LogP contribution in [0.1, 0.15) is 5.56 Å². The zero-order valence-corrected chi connectivity index (χ0v) is 18.2. The number of nitrogens with zero attached hydrogens (tertiary/aromatic N) is 2. The van der Waals surface area contributed by atoms with Crippen molar-refractivity contribution >= 4 is 44.6 Å². The first-order chi connectivity index (χ1) is 13.7. The highest BCUT2D eigenvalue weighted by atomic mass is 79.9. The third-order valence-corrected chi connectivity index (χ3v) is 6.10. The molecule has 1 heterocycles. The molecule has 0 saturated carbocycles. The molecule has 5 heteroatoms. The first-order valence-electron chi connectivity index (χ1n) is 8.97. The molecule has 0 fully saturated rings. The summed E-state index contributed by atoms with van der Waals surface area (Å²) < 4.78 is 3.38. The maximum Gasteiger partial charge on any atom is 0.190 e. The summed E-state index contributed by atoms with van der Waals surface area (Å²) in [5.74, 6) is 0. The van der Waals surface area contributed by atoms with Gasteiger partial charge in [-0.15, -0.1) is 11.3 Å². The second kappa shape index (κ2) is 8.91. The average molecular weight is 470 g/mol. The van der Waals surface area contributed by atoms with Crippen LogP contribution < -0.4 is 4.80 Å². The van der Waals surface area contributed by atoms with Crippen LogP contribution in [0.3, 0.4) is 0 Å². The van der Waals surface area contributed by atoms with Crippen molar-refractivity contribution in [2.75, 3.05) is 0 Å². The van der Waals surface area contributed by atoms with Crippen LogP contribution in [-0.4, -0.2) is 4.57 Å². The lowest BCUT2D eigenvalue weighted by Gasteiger charge is -2.10. The van der Waals surface area contributed by atoms with Crippen LogP contribution in [0.4, 0.5) is 5.69 Å². The van der Waals surface area contributed by atoms with Crippen molar-refractivity contribution < 1.29 is 0 Å². The molecular formula is C23H18BrClN2S. The van der Waals surface area contributed by atoms with Gasteiger partial charge in [0.1, 0.15) is 0 Å². The lowest BCUT2D eigenvalue weighted by Crippen LogP contribution is -2.17. The monoisotopic (exact) mass is 468 g/mol. The topological polar surface area (TPSA) is 17.3 Å². The van der Waals surface area contributed by atoms with E-state index in [2.05, 4.69) is 80.5 Å². The molecule has 0 spiro atoms. The van der Waals surface area contributed by atoms with E-state index in [9.17, 15) is 0 Å². The molecular weight excluding hydrogens is 452 g/mol. The quantitative estimate of drug-likeness (QED) is 0.296. The summed E-state index contributed by atoms with van der Waals surface area (Å²) in [7, 11) is 0. The second-order valence-electron chi connectivity index (χ2n) is 6.39. The van der Waals surface area contributed by atoms with Crippen molar-refractivity contribution in [2.45, 2.75) is 13.0 Å². The minimum Gasteiger partial charge on any atom is -0.316 e. The predicted molar refractivity (Wildman–Crippen MR) is 122 cm³/mol. The van der Waals surface area contributed by atoms with Gasteiger partial charge in [0.25, 0.3) is 0 Å². The van der Waals surface area contributed by atoms with E-state index in [-0.39, 0.29) is 0 Å². The van der Waals surface area contributed by atoms with E-state index in [1.807, 2.05) is 24.3 Å². The van der Waals surface area contributed by atoms with E-state index in [4.69, 9.17) is 16.6 Å². The number of aryl methyl sites for hydroxylation is 1. The van der Waals surface area contributed by atoms with Gasteiger partial charge >= 0.3 is 0 Å². The number of thiazole rings is 1. The molecule has 0 amide bonds. The Labute approximate surface area is 181 Å². The fraction of sp³-hybridized carbons (Fsp3) is 0.0870. The molecule has 0 unspecified atom stereocenters. The molecule has 0 radical (unpaired) electrons. The standard InChI is InChI=1S/C23H18BrClN2S/c24-19-8-6-18(7-9-19)22-16-28-23(26-21-12-10-20(25)11-13-21)27(22)15-14-17-4-2-1-3-5-17/h1-13,16H,14-15H2. The Hall–Kier alpha value is -2.14. The summed E-state index contributed by atoms with van der Waals surface area (Å²) in [6.45, 7) is 0.866. The van der Waals surface area contributed by atoms with Crippen molar-refractivity contribution in [3.05, 3.63) is 104 Å². The largest absolute Gasteiger partial charge is 0.316 e. The van der Waals surface area contributed by atoms with Crippen LogP contribution in [0.5, 0.6) is 0 Å². The van der Waals surface area contributed by atoms with Crippen LogP contribution in [0.2, 0.25) is 5.02 Å². The van der Waals surface area contributed by atoms with Crippen molar-refractivity contribution in [3.8, 4) is 11.3 Å². The number of aromatic nitrogens is 1. The van der Waals surface area contributed by atoms with Crippen LogP contribution in [0.15, 0.2) is 93.7 Å². The molecule has 0 bridgehead atoms. The highest BCUT2D eigenvalue weighted by Gasteiger charge is 2.09. The van der Waals surface area contributed by atoms with Gasteiger partial charge in [0, 0.05) is 21.4 Å². The van der Waals surface area contributed by atoms with E-state index < -0.39 is 0 Å². The fourth-order valence-electron chi connectivity index (χ4n) is 3.00. The third-order valence-electron chi connectivity index (χ3n) is 4.46. The Kier molecular flexibility index (Phi) is 6.10. The van der Waals surface area contributed by atoms with Gasteiger partial charge in [0.05, 0.1) is 11.4 Å². The maximum atomic E-state index is 6.01. The molecule has 140 valence electrons. The molecule has 28 heavy (non-hydrogen) atoms. The van der Waals surface area contributed by atoms with Gasteiger partial charge in [-0.1, -0.05) is 70.0 Å². The Bertz CT molecular complexity index is 1110. The van der Waals surface area contributed by atoms with E-state index in [1.54, 1.807) is 11.3 Å². The highest BCUT2D eigenvalue weighted by Crippen LogP contribution is 2.24. The minimum atomic E-state index is 0.720. The highest BCUT2D eigenvalue weighted by molar-refractivity contribution is 9.10. The Morgan fingerprint density at radius 1 is 0.893 bits per heavy atom. The molecule has 0 aliphatic heterocycles. The molecule has 0 aliphatic rings. The number of hydrogen-bond donors (Lipinski definition) is 0. The van der Waals surface area contributed by atoms with Gasteiger partial charge in [-0.3, -0.25) is 0 Å². The molecule has 4 aromatic rings. The summed E-state index contributed by atoms with van der Waals surface area (Å²) in [4.78, 5) is 5.85. The molecule has 3 aromatic carbocycles. The SMILES string of the molecule is Clc1ccc(N=c2scc(-c3ccc(Br)cc3)n2CCc2ccccc2)cc1. The normalized spacial score (nSPS) is 11.7. The summed E-state index contributed by atoms with van der Waals surface area (Å²) in [6, 6.07) is 26.6. The summed E-state index contributed by atoms with van der Waals surface area (Å²) in [5, 5.41) is 2.90.